The summed E-state index contributed by atoms with van der Waals surface area (Å²) in [6.07, 6.45) is 0. The van der Waals surface area contributed by atoms with Crippen LogP contribution in [0.4, 0.5) is 0 Å². The Balaban J connectivity index is 2.74. The van der Waals surface area contributed by atoms with Gasteiger partial charge in [0, 0.05) is 35.4 Å². The predicted octanol–water partition coefficient (Wildman–Crippen LogP) is 2.49. The zero-order chi connectivity index (χ0) is 16.4. The van der Waals surface area contributed by atoms with Crippen LogP contribution >= 0.6 is 22.9 Å². The third-order valence-corrected chi connectivity index (χ3v) is 3.71. The topological polar surface area (TPSA) is 86.7 Å². The van der Waals surface area contributed by atoms with Crippen molar-refractivity contribution in [3.05, 3.63) is 33.3 Å². The second-order valence-corrected chi connectivity index (χ2v) is 5.49. The third-order valence-electron chi connectivity index (χ3n) is 2.56. The van der Waals surface area contributed by atoms with Gasteiger partial charge in [0.1, 0.15) is 0 Å². The van der Waals surface area contributed by atoms with E-state index in [-0.39, 0.29) is 22.4 Å². The van der Waals surface area contributed by atoms with Gasteiger partial charge < -0.3 is 9.47 Å². The summed E-state index contributed by atoms with van der Waals surface area (Å²) in [6.45, 7) is 2.36. The van der Waals surface area contributed by atoms with Crippen LogP contribution in [0.1, 0.15) is 24.2 Å². The molecule has 0 saturated heterocycles. The molecule has 0 amide bonds. The van der Waals surface area contributed by atoms with Crippen LogP contribution in [-0.4, -0.2) is 17.2 Å². The van der Waals surface area contributed by atoms with E-state index in [1.54, 1.807) is 0 Å². The first-order valence-corrected chi connectivity index (χ1v) is 7.21. The van der Waals surface area contributed by atoms with Crippen LogP contribution in [0, 0.1) is 0 Å². The Labute approximate surface area is 133 Å². The molecule has 6 nitrogen and oxygen atoms in total. The fourth-order valence-corrected chi connectivity index (χ4v) is 2.86. The Hall–Kier alpha value is -2.25. The lowest BCUT2D eigenvalue weighted by atomic mass is 10.2. The molecule has 0 aliphatic carbocycles. The molecule has 2 rings (SSSR count). The predicted molar refractivity (Wildman–Crippen MR) is 80.9 cm³/mol. The van der Waals surface area contributed by atoms with Crippen molar-refractivity contribution in [2.45, 2.75) is 13.8 Å². The van der Waals surface area contributed by atoms with Gasteiger partial charge >= 0.3 is 11.9 Å². The van der Waals surface area contributed by atoms with Crippen molar-refractivity contribution in [3.8, 4) is 11.5 Å². The first-order valence-electron chi connectivity index (χ1n) is 5.96. The van der Waals surface area contributed by atoms with Crippen LogP contribution in [0.5, 0.6) is 11.5 Å². The van der Waals surface area contributed by atoms with E-state index >= 15 is 0 Å². The average molecular weight is 341 g/mol. The third kappa shape index (κ3) is 3.32. The minimum Gasteiger partial charge on any atom is -0.423 e. The maximum atomic E-state index is 12.2. The van der Waals surface area contributed by atoms with Crippen LogP contribution in [0.3, 0.4) is 0 Å². The van der Waals surface area contributed by atoms with Gasteiger partial charge in [-0.15, -0.1) is 11.3 Å². The fraction of sp³-hybridized carbons (Fsp3) is 0.143. The second-order valence-electron chi connectivity index (χ2n) is 4.23. The van der Waals surface area contributed by atoms with Crippen molar-refractivity contribution in [2.75, 3.05) is 0 Å². The van der Waals surface area contributed by atoms with Crippen molar-refractivity contribution < 1.29 is 23.9 Å². The maximum Gasteiger partial charge on any atom is 0.308 e. The van der Waals surface area contributed by atoms with Gasteiger partial charge in [-0.1, -0.05) is 0 Å². The SMILES string of the molecule is CC(=O)Oc1cc2scc(C(=O)Cl)c(=O)c2cc1OC(C)=O. The summed E-state index contributed by atoms with van der Waals surface area (Å²) >= 11 is 6.42. The summed E-state index contributed by atoms with van der Waals surface area (Å²) in [6, 6.07) is 2.64. The van der Waals surface area contributed by atoms with E-state index in [1.807, 2.05) is 0 Å². The minimum absolute atomic E-state index is 0.0100. The molecule has 114 valence electrons. The Kier molecular flexibility index (Phi) is 4.58. The Morgan fingerprint density at radius 3 is 2.09 bits per heavy atom. The number of ether oxygens (including phenoxy) is 2. The summed E-state index contributed by atoms with van der Waals surface area (Å²) in [5.41, 5.74) is -0.760. The van der Waals surface area contributed by atoms with Crippen LogP contribution in [0.15, 0.2) is 22.3 Å². The van der Waals surface area contributed by atoms with Crippen LogP contribution in [-0.2, 0) is 9.59 Å². The highest BCUT2D eigenvalue weighted by Crippen LogP contribution is 2.33. The van der Waals surface area contributed by atoms with E-state index in [9.17, 15) is 19.2 Å². The van der Waals surface area contributed by atoms with Crippen molar-refractivity contribution >= 4 is 50.2 Å². The lowest BCUT2D eigenvalue weighted by molar-refractivity contribution is -0.134. The number of esters is 2. The molecule has 0 fully saturated rings. The van der Waals surface area contributed by atoms with Gasteiger partial charge in [-0.25, -0.2) is 0 Å². The molecular weight excluding hydrogens is 332 g/mol. The van der Waals surface area contributed by atoms with Crippen LogP contribution in [0.2, 0.25) is 0 Å². The molecule has 22 heavy (non-hydrogen) atoms. The number of benzene rings is 1. The number of hydrogen-bond acceptors (Lipinski definition) is 7. The fourth-order valence-electron chi connectivity index (χ4n) is 1.74. The highest BCUT2D eigenvalue weighted by atomic mass is 35.5. The van der Waals surface area contributed by atoms with E-state index in [0.717, 1.165) is 11.3 Å². The summed E-state index contributed by atoms with van der Waals surface area (Å²) in [5.74, 6) is -1.32. The van der Waals surface area contributed by atoms with Gasteiger partial charge in [-0.3, -0.25) is 19.2 Å². The van der Waals surface area contributed by atoms with E-state index in [0.29, 0.717) is 4.70 Å². The molecule has 0 bridgehead atoms. The maximum absolute atomic E-state index is 12.2. The van der Waals surface area contributed by atoms with Crippen LogP contribution in [0.25, 0.3) is 10.1 Å². The second kappa shape index (κ2) is 6.25. The minimum atomic E-state index is -0.874. The molecule has 0 N–H and O–H groups in total. The van der Waals surface area contributed by atoms with E-state index in [2.05, 4.69) is 0 Å². The first kappa shape index (κ1) is 16.1. The molecule has 0 aliphatic heterocycles. The molecule has 0 radical (unpaired) electrons. The molecule has 0 spiro atoms. The van der Waals surface area contributed by atoms with Gasteiger partial charge in [0.15, 0.2) is 16.9 Å². The normalized spacial score (nSPS) is 10.3. The van der Waals surface area contributed by atoms with Crippen molar-refractivity contribution in [1.82, 2.24) is 0 Å². The van der Waals surface area contributed by atoms with Gasteiger partial charge in [-0.05, 0) is 17.7 Å². The molecule has 2 aromatic rings. The van der Waals surface area contributed by atoms with E-state index < -0.39 is 22.6 Å². The first-order chi connectivity index (χ1) is 10.3. The smallest absolute Gasteiger partial charge is 0.308 e. The molecule has 8 heteroatoms. The molecule has 1 aromatic carbocycles. The number of carbonyl (C=O) groups is 3. The van der Waals surface area contributed by atoms with Gasteiger partial charge in [0.25, 0.3) is 5.24 Å². The zero-order valence-electron chi connectivity index (χ0n) is 11.5. The number of hydrogen-bond donors (Lipinski definition) is 0. The summed E-state index contributed by atoms with van der Waals surface area (Å²) < 4.78 is 10.4. The standard InChI is InChI=1S/C14H9ClO6S/c1-6(16)20-10-3-8-12(4-11(10)21-7(2)17)22-5-9(13(8)18)14(15)19/h3-5H,1-2H3. The number of fused-ring (bicyclic) bond motifs is 1. The van der Waals surface area contributed by atoms with Gasteiger partial charge in [0.05, 0.1) is 5.56 Å². The quantitative estimate of drug-likeness (QED) is 0.484. The number of halogens is 1. The number of carbonyl (C=O) groups excluding carboxylic acids is 3. The van der Waals surface area contributed by atoms with Crippen molar-refractivity contribution in [2.24, 2.45) is 0 Å². The molecule has 0 unspecified atom stereocenters. The molecule has 0 saturated carbocycles. The largest absolute Gasteiger partial charge is 0.423 e. The van der Waals surface area contributed by atoms with Crippen molar-refractivity contribution in [3.63, 3.8) is 0 Å². The van der Waals surface area contributed by atoms with Gasteiger partial charge in [-0.2, -0.15) is 0 Å². The lowest BCUT2D eigenvalue weighted by Crippen LogP contribution is -2.12. The average Bonchev–Trinajstić information content (AvgIpc) is 2.39. The summed E-state index contributed by atoms with van der Waals surface area (Å²) in [4.78, 5) is 45.6. The molecule has 1 heterocycles. The van der Waals surface area contributed by atoms with Gasteiger partial charge in [0.2, 0.25) is 0 Å². The monoisotopic (exact) mass is 340 g/mol. The molecule has 1 aromatic heterocycles. The summed E-state index contributed by atoms with van der Waals surface area (Å²) in [5, 5.41) is 0.591. The molecular formula is C14H9ClO6S. The van der Waals surface area contributed by atoms with E-state index in [1.165, 1.54) is 31.4 Å². The van der Waals surface area contributed by atoms with E-state index in [4.69, 9.17) is 21.1 Å². The zero-order valence-corrected chi connectivity index (χ0v) is 13.0. The Morgan fingerprint density at radius 1 is 1.05 bits per heavy atom. The molecule has 0 atom stereocenters. The van der Waals surface area contributed by atoms with Crippen LogP contribution < -0.4 is 14.9 Å². The molecule has 0 aliphatic rings. The number of rotatable bonds is 3. The highest BCUT2D eigenvalue weighted by Gasteiger charge is 2.17. The highest BCUT2D eigenvalue weighted by molar-refractivity contribution is 7.16. The Morgan fingerprint density at radius 2 is 1.59 bits per heavy atom. The summed E-state index contributed by atoms with van der Waals surface area (Å²) in [7, 11) is 0. The Bertz CT molecular complexity index is 854. The lowest BCUT2D eigenvalue weighted by Gasteiger charge is -2.10. The van der Waals surface area contributed by atoms with Crippen molar-refractivity contribution in [1.29, 1.82) is 0 Å².